The van der Waals surface area contributed by atoms with Crippen LogP contribution in [0.25, 0.3) is 0 Å². The van der Waals surface area contributed by atoms with Crippen LogP contribution in [0.1, 0.15) is 46.1 Å². The summed E-state index contributed by atoms with van der Waals surface area (Å²) in [5.41, 5.74) is 0.867. The molecular formula is C17H26N2O3S. The van der Waals surface area contributed by atoms with Crippen LogP contribution in [0.3, 0.4) is 0 Å². The first-order chi connectivity index (χ1) is 10.7. The predicted molar refractivity (Wildman–Crippen MR) is 92.2 cm³/mol. The van der Waals surface area contributed by atoms with Crippen molar-refractivity contribution in [2.45, 2.75) is 50.8 Å². The van der Waals surface area contributed by atoms with Crippen molar-refractivity contribution in [3.05, 3.63) is 23.8 Å². The topological polar surface area (TPSA) is 57.7 Å². The van der Waals surface area contributed by atoms with Crippen LogP contribution in [0.5, 0.6) is 0 Å². The molecule has 0 atom stereocenters. The number of carbonyl (C=O) groups excluding carboxylic acids is 1. The zero-order chi connectivity index (χ0) is 17.4. The maximum atomic E-state index is 12.9. The quantitative estimate of drug-likeness (QED) is 0.801. The lowest BCUT2D eigenvalue weighted by atomic mass is 9.86. The summed E-state index contributed by atoms with van der Waals surface area (Å²) in [6, 6.07) is 5.02. The highest BCUT2D eigenvalue weighted by Gasteiger charge is 2.43. The Kier molecular flexibility index (Phi) is 4.87. The SMILES string of the molecule is CCCN(CCC)S(=O)(=O)c1ccc2c(c1)C(C)(C)C(=O)N2C. The number of benzene rings is 1. The van der Waals surface area contributed by atoms with E-state index in [-0.39, 0.29) is 10.8 Å². The molecule has 1 heterocycles. The molecular weight excluding hydrogens is 312 g/mol. The zero-order valence-electron chi connectivity index (χ0n) is 14.6. The molecule has 0 unspecified atom stereocenters. The second-order valence-corrected chi connectivity index (χ2v) is 8.51. The van der Waals surface area contributed by atoms with Crippen molar-refractivity contribution >= 4 is 21.6 Å². The van der Waals surface area contributed by atoms with E-state index in [0.717, 1.165) is 24.1 Å². The van der Waals surface area contributed by atoms with Crippen LogP contribution in [0, 0.1) is 0 Å². The summed E-state index contributed by atoms with van der Waals surface area (Å²) in [5.74, 6) is -0.0129. The molecule has 1 aliphatic rings. The van der Waals surface area contributed by atoms with Crippen molar-refractivity contribution in [3.63, 3.8) is 0 Å². The highest BCUT2D eigenvalue weighted by molar-refractivity contribution is 7.89. The van der Waals surface area contributed by atoms with Gasteiger partial charge in [0.15, 0.2) is 0 Å². The van der Waals surface area contributed by atoms with Crippen molar-refractivity contribution in [2.24, 2.45) is 0 Å². The molecule has 2 rings (SSSR count). The summed E-state index contributed by atoms with van der Waals surface area (Å²) in [4.78, 5) is 14.2. The van der Waals surface area contributed by atoms with Crippen LogP contribution < -0.4 is 4.90 Å². The molecule has 0 aromatic heterocycles. The van der Waals surface area contributed by atoms with E-state index in [1.807, 2.05) is 27.7 Å². The van der Waals surface area contributed by atoms with Crippen LogP contribution in [0.15, 0.2) is 23.1 Å². The van der Waals surface area contributed by atoms with Gasteiger partial charge >= 0.3 is 0 Å². The fourth-order valence-electron chi connectivity index (χ4n) is 3.11. The third-order valence-electron chi connectivity index (χ3n) is 4.43. The summed E-state index contributed by atoms with van der Waals surface area (Å²) in [6.45, 7) is 8.63. The first-order valence-electron chi connectivity index (χ1n) is 8.10. The van der Waals surface area contributed by atoms with Crippen LogP contribution in [-0.2, 0) is 20.2 Å². The molecule has 0 fully saturated rings. The minimum atomic E-state index is -3.53. The summed E-state index contributed by atoms with van der Waals surface area (Å²) in [5, 5.41) is 0. The molecule has 0 N–H and O–H groups in total. The van der Waals surface area contributed by atoms with E-state index in [1.165, 1.54) is 4.31 Å². The average Bonchev–Trinajstić information content (AvgIpc) is 2.68. The lowest BCUT2D eigenvalue weighted by Crippen LogP contribution is -2.33. The number of hydrogen-bond acceptors (Lipinski definition) is 3. The Hall–Kier alpha value is -1.40. The van der Waals surface area contributed by atoms with E-state index in [9.17, 15) is 13.2 Å². The second-order valence-electron chi connectivity index (χ2n) is 6.57. The van der Waals surface area contributed by atoms with Gasteiger partial charge in [-0.05, 0) is 50.5 Å². The Morgan fingerprint density at radius 1 is 1.13 bits per heavy atom. The number of amides is 1. The first kappa shape index (κ1) is 17.9. The van der Waals surface area contributed by atoms with Gasteiger partial charge in [0.05, 0.1) is 10.3 Å². The fraction of sp³-hybridized carbons (Fsp3) is 0.588. The van der Waals surface area contributed by atoms with Gasteiger partial charge in [0.2, 0.25) is 15.9 Å². The molecule has 6 heteroatoms. The molecule has 1 aliphatic heterocycles. The monoisotopic (exact) mass is 338 g/mol. The van der Waals surface area contributed by atoms with E-state index >= 15 is 0 Å². The number of rotatable bonds is 6. The zero-order valence-corrected chi connectivity index (χ0v) is 15.4. The predicted octanol–water partition coefficient (Wildman–Crippen LogP) is 2.75. The highest BCUT2D eigenvalue weighted by Crippen LogP contribution is 2.41. The van der Waals surface area contributed by atoms with Crippen LogP contribution in [0.4, 0.5) is 5.69 Å². The molecule has 23 heavy (non-hydrogen) atoms. The van der Waals surface area contributed by atoms with Gasteiger partial charge in [-0.15, -0.1) is 0 Å². The average molecular weight is 338 g/mol. The van der Waals surface area contributed by atoms with Gasteiger partial charge in [0.25, 0.3) is 0 Å². The summed E-state index contributed by atoms with van der Waals surface area (Å²) < 4.78 is 27.4. The number of carbonyl (C=O) groups is 1. The standard InChI is InChI=1S/C17H26N2O3S/c1-6-10-19(11-7-2)23(21,22)13-8-9-15-14(12-13)17(3,4)16(20)18(15)5/h8-9,12H,6-7,10-11H2,1-5H3. The molecule has 1 aromatic carbocycles. The van der Waals surface area contributed by atoms with Gasteiger partial charge in [0.1, 0.15) is 0 Å². The number of anilines is 1. The number of nitrogens with zero attached hydrogens (tertiary/aromatic N) is 2. The maximum absolute atomic E-state index is 12.9. The smallest absolute Gasteiger partial charge is 0.243 e. The molecule has 0 saturated carbocycles. The summed E-state index contributed by atoms with van der Waals surface area (Å²) in [7, 11) is -1.80. The Morgan fingerprint density at radius 3 is 2.22 bits per heavy atom. The molecule has 128 valence electrons. The van der Waals surface area contributed by atoms with Crippen molar-refractivity contribution in [1.29, 1.82) is 0 Å². The normalized spacial score (nSPS) is 17.0. The number of hydrogen-bond donors (Lipinski definition) is 0. The largest absolute Gasteiger partial charge is 0.314 e. The number of fused-ring (bicyclic) bond motifs is 1. The van der Waals surface area contributed by atoms with Gasteiger partial charge in [0, 0.05) is 25.8 Å². The van der Waals surface area contributed by atoms with Gasteiger partial charge in [-0.2, -0.15) is 4.31 Å². The van der Waals surface area contributed by atoms with E-state index in [0.29, 0.717) is 13.1 Å². The third-order valence-corrected chi connectivity index (χ3v) is 6.32. The van der Waals surface area contributed by atoms with Crippen molar-refractivity contribution in [1.82, 2.24) is 4.31 Å². The lowest BCUT2D eigenvalue weighted by molar-refractivity contribution is -0.121. The van der Waals surface area contributed by atoms with Gasteiger partial charge in [-0.3, -0.25) is 4.79 Å². The number of likely N-dealkylation sites (N-methyl/N-ethyl adjacent to an activating group) is 1. The van der Waals surface area contributed by atoms with Crippen LogP contribution in [0.2, 0.25) is 0 Å². The molecule has 1 aromatic rings. The molecule has 5 nitrogen and oxygen atoms in total. The molecule has 0 spiro atoms. The third kappa shape index (κ3) is 2.90. The molecule has 0 radical (unpaired) electrons. The Bertz CT molecular complexity index is 705. The minimum Gasteiger partial charge on any atom is -0.314 e. The highest BCUT2D eigenvalue weighted by atomic mass is 32.2. The Morgan fingerprint density at radius 2 is 1.70 bits per heavy atom. The van der Waals surface area contributed by atoms with E-state index in [2.05, 4.69) is 0 Å². The number of sulfonamides is 1. The van der Waals surface area contributed by atoms with Gasteiger partial charge in [-0.25, -0.2) is 8.42 Å². The van der Waals surface area contributed by atoms with Crippen molar-refractivity contribution in [2.75, 3.05) is 25.0 Å². The van der Waals surface area contributed by atoms with E-state index in [4.69, 9.17) is 0 Å². The van der Waals surface area contributed by atoms with E-state index < -0.39 is 15.4 Å². The second kappa shape index (κ2) is 6.24. The van der Waals surface area contributed by atoms with Gasteiger partial charge < -0.3 is 4.90 Å². The fourth-order valence-corrected chi connectivity index (χ4v) is 4.76. The molecule has 0 saturated heterocycles. The van der Waals surface area contributed by atoms with Crippen LogP contribution >= 0.6 is 0 Å². The molecule has 1 amide bonds. The van der Waals surface area contributed by atoms with Crippen molar-refractivity contribution in [3.8, 4) is 0 Å². The molecule has 0 aliphatic carbocycles. The van der Waals surface area contributed by atoms with Crippen LogP contribution in [-0.4, -0.2) is 38.8 Å². The summed E-state index contributed by atoms with van der Waals surface area (Å²) >= 11 is 0. The lowest BCUT2D eigenvalue weighted by Gasteiger charge is -2.22. The van der Waals surface area contributed by atoms with E-state index in [1.54, 1.807) is 30.1 Å². The minimum absolute atomic E-state index is 0.0129. The van der Waals surface area contributed by atoms with Crippen molar-refractivity contribution < 1.29 is 13.2 Å². The first-order valence-corrected chi connectivity index (χ1v) is 9.54. The van der Waals surface area contributed by atoms with Gasteiger partial charge in [-0.1, -0.05) is 13.8 Å². The Balaban J connectivity index is 2.51. The summed E-state index contributed by atoms with van der Waals surface area (Å²) in [6.07, 6.45) is 1.55. The maximum Gasteiger partial charge on any atom is 0.243 e. The molecule has 0 bridgehead atoms. The Labute approximate surface area is 139 Å².